The summed E-state index contributed by atoms with van der Waals surface area (Å²) < 4.78 is 3.25. The molecule has 136 valence electrons. The van der Waals surface area contributed by atoms with Crippen LogP contribution < -0.4 is 0 Å². The quantitative estimate of drug-likeness (QED) is 0.550. The predicted octanol–water partition coefficient (Wildman–Crippen LogP) is 1.85. The van der Waals surface area contributed by atoms with Crippen molar-refractivity contribution in [3.63, 3.8) is 0 Å². The first-order valence-corrected chi connectivity index (χ1v) is 8.45. The van der Waals surface area contributed by atoms with E-state index in [0.29, 0.717) is 5.78 Å². The predicted molar refractivity (Wildman–Crippen MR) is 97.4 cm³/mol. The Labute approximate surface area is 155 Å². The monoisotopic (exact) mass is 362 g/mol. The summed E-state index contributed by atoms with van der Waals surface area (Å²) >= 11 is 0. The number of amides is 1. The summed E-state index contributed by atoms with van der Waals surface area (Å²) in [6.45, 7) is 3.85. The smallest absolute Gasteiger partial charge is 0.293 e. The van der Waals surface area contributed by atoms with Crippen LogP contribution in [0.5, 0.6) is 0 Å². The van der Waals surface area contributed by atoms with Gasteiger partial charge >= 0.3 is 0 Å². The van der Waals surface area contributed by atoms with Gasteiger partial charge in [0.25, 0.3) is 11.7 Å². The molecule has 27 heavy (non-hydrogen) atoms. The standard InChI is InChI=1S/C18H18N8O/c1-12-8-9-20-18-22-16(23-26(12)18)17(27)24(3)13(2)14-4-6-15(7-5-14)25-11-19-10-21-25/h4-11,13H,1-3H3/t13-/m0/s1. The van der Waals surface area contributed by atoms with Crippen LogP contribution >= 0.6 is 0 Å². The molecule has 0 bridgehead atoms. The molecular weight excluding hydrogens is 344 g/mol. The number of nitrogens with zero attached hydrogens (tertiary/aromatic N) is 8. The largest absolute Gasteiger partial charge is 0.332 e. The van der Waals surface area contributed by atoms with E-state index in [0.717, 1.165) is 16.9 Å². The van der Waals surface area contributed by atoms with Gasteiger partial charge in [-0.25, -0.2) is 19.2 Å². The lowest BCUT2D eigenvalue weighted by atomic mass is 10.1. The molecule has 9 nitrogen and oxygen atoms in total. The summed E-state index contributed by atoms with van der Waals surface area (Å²) in [5.41, 5.74) is 2.76. The Morgan fingerprint density at radius 2 is 1.96 bits per heavy atom. The van der Waals surface area contributed by atoms with Crippen LogP contribution in [0.25, 0.3) is 11.5 Å². The van der Waals surface area contributed by atoms with Crippen molar-refractivity contribution in [2.24, 2.45) is 0 Å². The van der Waals surface area contributed by atoms with Crippen molar-refractivity contribution >= 4 is 11.7 Å². The zero-order chi connectivity index (χ0) is 19.0. The van der Waals surface area contributed by atoms with Crippen LogP contribution in [0.1, 0.15) is 34.8 Å². The Morgan fingerprint density at radius 1 is 1.19 bits per heavy atom. The maximum atomic E-state index is 12.8. The van der Waals surface area contributed by atoms with Gasteiger partial charge in [0.1, 0.15) is 12.7 Å². The highest BCUT2D eigenvalue weighted by Crippen LogP contribution is 2.21. The van der Waals surface area contributed by atoms with Gasteiger partial charge in [-0.05, 0) is 37.6 Å². The molecule has 0 fully saturated rings. The third-order valence-electron chi connectivity index (χ3n) is 4.58. The van der Waals surface area contributed by atoms with E-state index in [2.05, 4.69) is 25.1 Å². The Morgan fingerprint density at radius 3 is 2.63 bits per heavy atom. The summed E-state index contributed by atoms with van der Waals surface area (Å²) in [4.78, 5) is 26.8. The Kier molecular flexibility index (Phi) is 4.11. The third kappa shape index (κ3) is 3.03. The van der Waals surface area contributed by atoms with Crippen LogP contribution in [0, 0.1) is 6.92 Å². The van der Waals surface area contributed by atoms with Gasteiger partial charge in [-0.3, -0.25) is 4.79 Å². The van der Waals surface area contributed by atoms with E-state index in [4.69, 9.17) is 0 Å². The van der Waals surface area contributed by atoms with Gasteiger partial charge in [-0.15, -0.1) is 5.10 Å². The highest BCUT2D eigenvalue weighted by atomic mass is 16.2. The summed E-state index contributed by atoms with van der Waals surface area (Å²) in [5, 5.41) is 8.40. The van der Waals surface area contributed by atoms with Gasteiger partial charge < -0.3 is 4.90 Å². The number of carbonyl (C=O) groups is 1. The van der Waals surface area contributed by atoms with E-state index in [1.54, 1.807) is 33.7 Å². The molecule has 4 aromatic rings. The molecule has 0 spiro atoms. The molecule has 0 unspecified atom stereocenters. The van der Waals surface area contributed by atoms with E-state index in [1.165, 1.54) is 6.33 Å². The first-order chi connectivity index (χ1) is 13.0. The topological polar surface area (TPSA) is 94.1 Å². The van der Waals surface area contributed by atoms with E-state index < -0.39 is 0 Å². The second kappa shape index (κ2) is 6.60. The molecule has 1 aromatic carbocycles. The van der Waals surface area contributed by atoms with Crippen molar-refractivity contribution in [3.8, 4) is 5.69 Å². The molecule has 0 radical (unpaired) electrons. The minimum absolute atomic E-state index is 0.130. The molecule has 3 heterocycles. The average Bonchev–Trinajstić information content (AvgIpc) is 3.37. The van der Waals surface area contributed by atoms with Crippen LogP contribution in [0.15, 0.2) is 49.2 Å². The molecule has 4 rings (SSSR count). The lowest BCUT2D eigenvalue weighted by molar-refractivity contribution is 0.0730. The summed E-state index contributed by atoms with van der Waals surface area (Å²) in [7, 11) is 1.74. The van der Waals surface area contributed by atoms with Crippen LogP contribution in [0.2, 0.25) is 0 Å². The molecular formula is C18H18N8O. The second-order valence-corrected chi connectivity index (χ2v) is 6.26. The molecule has 0 saturated heterocycles. The minimum Gasteiger partial charge on any atom is -0.332 e. The molecule has 3 aromatic heterocycles. The van der Waals surface area contributed by atoms with Crippen molar-refractivity contribution in [1.82, 2.24) is 39.2 Å². The molecule has 9 heteroatoms. The second-order valence-electron chi connectivity index (χ2n) is 6.26. The fourth-order valence-electron chi connectivity index (χ4n) is 2.80. The van der Waals surface area contributed by atoms with Crippen LogP contribution in [-0.4, -0.2) is 52.2 Å². The van der Waals surface area contributed by atoms with Gasteiger partial charge in [-0.1, -0.05) is 12.1 Å². The summed E-state index contributed by atoms with van der Waals surface area (Å²) in [6, 6.07) is 9.48. The molecule has 1 atom stereocenters. The average molecular weight is 362 g/mol. The Hall–Kier alpha value is -3.62. The van der Waals surface area contributed by atoms with Crippen molar-refractivity contribution < 1.29 is 4.79 Å². The lowest BCUT2D eigenvalue weighted by Gasteiger charge is -2.24. The zero-order valence-electron chi connectivity index (χ0n) is 15.2. The number of aromatic nitrogens is 7. The van der Waals surface area contributed by atoms with Crippen LogP contribution in [0.3, 0.4) is 0 Å². The highest BCUT2D eigenvalue weighted by molar-refractivity contribution is 5.91. The van der Waals surface area contributed by atoms with E-state index in [-0.39, 0.29) is 17.8 Å². The number of benzene rings is 1. The van der Waals surface area contributed by atoms with Crippen molar-refractivity contribution in [2.75, 3.05) is 7.05 Å². The maximum Gasteiger partial charge on any atom is 0.293 e. The molecule has 1 amide bonds. The summed E-state index contributed by atoms with van der Waals surface area (Å²) in [5.74, 6) is 0.287. The van der Waals surface area contributed by atoms with Crippen molar-refractivity contribution in [2.45, 2.75) is 19.9 Å². The Bertz CT molecular complexity index is 1080. The number of hydrogen-bond acceptors (Lipinski definition) is 6. The fourth-order valence-corrected chi connectivity index (χ4v) is 2.80. The zero-order valence-corrected chi connectivity index (χ0v) is 15.2. The molecule has 0 N–H and O–H groups in total. The van der Waals surface area contributed by atoms with Gasteiger partial charge in [0.15, 0.2) is 0 Å². The van der Waals surface area contributed by atoms with Crippen molar-refractivity contribution in [3.05, 3.63) is 66.3 Å². The maximum absolute atomic E-state index is 12.8. The van der Waals surface area contributed by atoms with Gasteiger partial charge in [0.2, 0.25) is 5.82 Å². The lowest BCUT2D eigenvalue weighted by Crippen LogP contribution is -2.30. The van der Waals surface area contributed by atoms with E-state index in [9.17, 15) is 4.79 Å². The van der Waals surface area contributed by atoms with Gasteiger partial charge in [0, 0.05) is 18.9 Å². The van der Waals surface area contributed by atoms with E-state index in [1.807, 2.05) is 44.2 Å². The number of fused-ring (bicyclic) bond motifs is 1. The molecule has 0 aliphatic rings. The number of aryl methyl sites for hydroxylation is 1. The number of hydrogen-bond donors (Lipinski definition) is 0. The molecule has 0 aliphatic heterocycles. The summed E-state index contributed by atoms with van der Waals surface area (Å²) in [6.07, 6.45) is 4.78. The first kappa shape index (κ1) is 16.8. The van der Waals surface area contributed by atoms with Crippen LogP contribution in [0.4, 0.5) is 0 Å². The third-order valence-corrected chi connectivity index (χ3v) is 4.58. The number of carbonyl (C=O) groups excluding carboxylic acids is 1. The van der Waals surface area contributed by atoms with Gasteiger partial charge in [-0.2, -0.15) is 10.1 Å². The normalized spacial score (nSPS) is 12.3. The Balaban J connectivity index is 1.56. The van der Waals surface area contributed by atoms with Crippen LogP contribution in [-0.2, 0) is 0 Å². The molecule has 0 saturated carbocycles. The fraction of sp³-hybridized carbons (Fsp3) is 0.222. The SMILES string of the molecule is Cc1ccnc2nc(C(=O)N(C)[C@@H](C)c3ccc(-n4cncn4)cc3)nn12. The minimum atomic E-state index is -0.257. The molecule has 0 aliphatic carbocycles. The van der Waals surface area contributed by atoms with Crippen molar-refractivity contribution in [1.29, 1.82) is 0 Å². The van der Waals surface area contributed by atoms with E-state index >= 15 is 0 Å². The number of rotatable bonds is 4. The van der Waals surface area contributed by atoms with Gasteiger partial charge in [0.05, 0.1) is 11.7 Å². The highest BCUT2D eigenvalue weighted by Gasteiger charge is 2.23. The first-order valence-electron chi connectivity index (χ1n) is 8.45.